The molecular weight excluding hydrogens is 380 g/mol. The summed E-state index contributed by atoms with van der Waals surface area (Å²) in [7, 11) is 0. The second kappa shape index (κ2) is 7.63. The van der Waals surface area contributed by atoms with Crippen molar-refractivity contribution in [1.82, 2.24) is 0 Å². The first kappa shape index (κ1) is 21.8. The molecule has 0 bridgehead atoms. The van der Waals surface area contributed by atoms with Gasteiger partial charge in [0.25, 0.3) is 0 Å². The van der Waals surface area contributed by atoms with Gasteiger partial charge in [-0.15, -0.1) is 0 Å². The Morgan fingerprint density at radius 3 is 2.17 bits per heavy atom. The summed E-state index contributed by atoms with van der Waals surface area (Å²) in [6.45, 7) is 9.93. The van der Waals surface area contributed by atoms with Crippen molar-refractivity contribution in [1.29, 1.82) is 0 Å². The van der Waals surface area contributed by atoms with Crippen LogP contribution in [0.2, 0.25) is 0 Å². The average Bonchev–Trinajstić information content (AvgIpc) is 3.01. The molecule has 4 rings (SSSR count). The number of carbonyl (C=O) groups excluding carboxylic acids is 3. The van der Waals surface area contributed by atoms with Crippen LogP contribution in [0.5, 0.6) is 0 Å². The van der Waals surface area contributed by atoms with E-state index in [1.165, 1.54) is 33.1 Å². The Labute approximate surface area is 180 Å². The van der Waals surface area contributed by atoms with E-state index in [9.17, 15) is 14.4 Å². The van der Waals surface area contributed by atoms with Crippen LogP contribution in [0.15, 0.2) is 0 Å². The van der Waals surface area contributed by atoms with Crippen LogP contribution in [-0.4, -0.2) is 29.9 Å². The van der Waals surface area contributed by atoms with Crippen molar-refractivity contribution in [3.63, 3.8) is 0 Å². The maximum Gasteiger partial charge on any atom is 0.303 e. The Balaban J connectivity index is 1.81. The average molecular weight is 419 g/mol. The van der Waals surface area contributed by atoms with Gasteiger partial charge in [0.05, 0.1) is 0 Å². The van der Waals surface area contributed by atoms with Crippen LogP contribution >= 0.6 is 0 Å². The lowest BCUT2D eigenvalue weighted by molar-refractivity contribution is -0.233. The van der Waals surface area contributed by atoms with Crippen LogP contribution in [0, 0.1) is 40.4 Å². The summed E-state index contributed by atoms with van der Waals surface area (Å²) in [6.07, 6.45) is 6.80. The SMILES string of the molecule is CC[C@H]1CCC2C3C(OC(C)=O)[C@H](OC(C)=O)C4CC(=O)CC[C@]4(C)C3CC[C@@]21C. The molecule has 30 heavy (non-hydrogen) atoms. The highest BCUT2D eigenvalue weighted by Gasteiger charge is 2.66. The fourth-order valence-electron chi connectivity index (χ4n) is 8.45. The third-order valence-electron chi connectivity index (χ3n) is 9.81. The van der Waals surface area contributed by atoms with Crippen LogP contribution in [0.1, 0.15) is 86.0 Å². The molecule has 168 valence electrons. The van der Waals surface area contributed by atoms with E-state index in [-0.39, 0.29) is 40.4 Å². The van der Waals surface area contributed by atoms with Gasteiger partial charge in [-0.05, 0) is 60.7 Å². The summed E-state index contributed by atoms with van der Waals surface area (Å²) < 4.78 is 11.9. The second-order valence-electron chi connectivity index (χ2n) is 11.0. The van der Waals surface area contributed by atoms with Crippen LogP contribution in [0.25, 0.3) is 0 Å². The molecule has 5 unspecified atom stereocenters. The molecule has 0 aromatic rings. The van der Waals surface area contributed by atoms with E-state index in [0.29, 0.717) is 30.6 Å². The Hall–Kier alpha value is -1.39. The first-order valence-corrected chi connectivity index (χ1v) is 12.0. The second-order valence-corrected chi connectivity index (χ2v) is 11.0. The van der Waals surface area contributed by atoms with Crippen LogP contribution in [0.3, 0.4) is 0 Å². The molecule has 0 amide bonds. The number of rotatable bonds is 3. The van der Waals surface area contributed by atoms with Gasteiger partial charge in [-0.2, -0.15) is 0 Å². The molecule has 0 aromatic heterocycles. The topological polar surface area (TPSA) is 69.7 Å². The van der Waals surface area contributed by atoms with E-state index < -0.39 is 12.2 Å². The lowest BCUT2D eigenvalue weighted by Crippen LogP contribution is -2.65. The molecule has 0 saturated heterocycles. The summed E-state index contributed by atoms with van der Waals surface area (Å²) in [5, 5.41) is 0. The number of carbonyl (C=O) groups is 3. The number of hydrogen-bond donors (Lipinski definition) is 0. The number of fused-ring (bicyclic) bond motifs is 5. The zero-order chi connectivity index (χ0) is 21.8. The fourth-order valence-corrected chi connectivity index (χ4v) is 8.45. The minimum Gasteiger partial charge on any atom is -0.458 e. The molecule has 0 aromatic carbocycles. The van der Waals surface area contributed by atoms with Crippen molar-refractivity contribution >= 4 is 17.7 Å². The van der Waals surface area contributed by atoms with E-state index in [2.05, 4.69) is 20.8 Å². The summed E-state index contributed by atoms with van der Waals surface area (Å²) in [6, 6.07) is 0. The zero-order valence-electron chi connectivity index (χ0n) is 19.2. The number of esters is 2. The van der Waals surface area contributed by atoms with Crippen molar-refractivity contribution < 1.29 is 23.9 Å². The maximum atomic E-state index is 12.4. The molecule has 0 spiro atoms. The van der Waals surface area contributed by atoms with Gasteiger partial charge in [0.1, 0.15) is 18.0 Å². The minimum absolute atomic E-state index is 0.0546. The van der Waals surface area contributed by atoms with Crippen molar-refractivity contribution in [2.45, 2.75) is 98.2 Å². The Morgan fingerprint density at radius 2 is 1.53 bits per heavy atom. The number of hydrogen-bond acceptors (Lipinski definition) is 5. The van der Waals surface area contributed by atoms with Crippen LogP contribution in [0.4, 0.5) is 0 Å². The van der Waals surface area contributed by atoms with Gasteiger partial charge in [-0.25, -0.2) is 0 Å². The van der Waals surface area contributed by atoms with Gasteiger partial charge in [0, 0.05) is 38.5 Å². The van der Waals surface area contributed by atoms with E-state index in [0.717, 1.165) is 19.3 Å². The predicted molar refractivity (Wildman–Crippen MR) is 112 cm³/mol. The molecule has 5 heteroatoms. The highest BCUT2D eigenvalue weighted by molar-refractivity contribution is 5.80. The van der Waals surface area contributed by atoms with Crippen molar-refractivity contribution in [3.8, 4) is 0 Å². The molecule has 0 heterocycles. The van der Waals surface area contributed by atoms with Crippen LogP contribution < -0.4 is 0 Å². The smallest absolute Gasteiger partial charge is 0.303 e. The molecule has 4 aliphatic carbocycles. The van der Waals surface area contributed by atoms with Crippen molar-refractivity contribution in [2.75, 3.05) is 0 Å². The Morgan fingerprint density at radius 1 is 0.900 bits per heavy atom. The van der Waals surface area contributed by atoms with Gasteiger partial charge in [0.2, 0.25) is 0 Å². The maximum absolute atomic E-state index is 12.4. The van der Waals surface area contributed by atoms with Gasteiger partial charge < -0.3 is 9.47 Å². The molecule has 9 atom stereocenters. The van der Waals surface area contributed by atoms with Gasteiger partial charge in [0.15, 0.2) is 0 Å². The van der Waals surface area contributed by atoms with E-state index in [1.54, 1.807) is 0 Å². The molecule has 4 fully saturated rings. The highest BCUT2D eigenvalue weighted by Crippen LogP contribution is 2.68. The fraction of sp³-hybridized carbons (Fsp3) is 0.880. The first-order chi connectivity index (χ1) is 14.1. The number of ketones is 1. The van der Waals surface area contributed by atoms with E-state index >= 15 is 0 Å². The van der Waals surface area contributed by atoms with Crippen molar-refractivity contribution in [2.24, 2.45) is 40.4 Å². The third kappa shape index (κ3) is 3.22. The lowest BCUT2D eigenvalue weighted by atomic mass is 9.43. The summed E-state index contributed by atoms with van der Waals surface area (Å²) in [5.41, 5.74) is 0.198. The molecule has 5 nitrogen and oxygen atoms in total. The number of ether oxygens (including phenoxy) is 2. The molecule has 4 aliphatic rings. The quantitative estimate of drug-likeness (QED) is 0.621. The van der Waals surface area contributed by atoms with Crippen LogP contribution in [-0.2, 0) is 23.9 Å². The summed E-state index contributed by atoms with van der Waals surface area (Å²) in [5.74, 6) is 1.27. The largest absolute Gasteiger partial charge is 0.458 e. The van der Waals surface area contributed by atoms with Gasteiger partial charge in [-0.1, -0.05) is 27.2 Å². The Kier molecular flexibility index (Phi) is 5.55. The van der Waals surface area contributed by atoms with Crippen molar-refractivity contribution in [3.05, 3.63) is 0 Å². The summed E-state index contributed by atoms with van der Waals surface area (Å²) >= 11 is 0. The number of Topliss-reactive ketones (excluding diaryl/α,β-unsaturated/α-hetero) is 1. The highest BCUT2D eigenvalue weighted by atomic mass is 16.6. The standard InChI is InChI=1S/C25H38O5/c1-6-16-7-8-18-21-19(10-12-24(16,18)4)25(5)11-9-17(28)13-20(25)22(29-14(2)26)23(21)30-15(3)27/h16,18-23H,6-13H2,1-5H3/t16-,18?,19?,20?,21?,22+,23?,24+,25+/m0/s1. The Bertz CT molecular complexity index is 731. The zero-order valence-corrected chi connectivity index (χ0v) is 19.2. The summed E-state index contributed by atoms with van der Waals surface area (Å²) in [4.78, 5) is 36.7. The van der Waals surface area contributed by atoms with E-state index in [1.807, 2.05) is 0 Å². The molecular formula is C25H38O5. The molecule has 0 aliphatic heterocycles. The molecule has 4 saturated carbocycles. The molecule has 0 radical (unpaired) electrons. The first-order valence-electron chi connectivity index (χ1n) is 12.0. The lowest BCUT2D eigenvalue weighted by Gasteiger charge is -2.63. The third-order valence-corrected chi connectivity index (χ3v) is 9.81. The van der Waals surface area contributed by atoms with E-state index in [4.69, 9.17) is 9.47 Å². The molecule has 0 N–H and O–H groups in total. The minimum atomic E-state index is -0.523. The predicted octanol–water partition coefficient (Wildman–Crippen LogP) is 4.71. The van der Waals surface area contributed by atoms with Gasteiger partial charge in [-0.3, -0.25) is 14.4 Å². The monoisotopic (exact) mass is 418 g/mol. The normalized spacial score (nSPS) is 47.6. The van der Waals surface area contributed by atoms with Gasteiger partial charge >= 0.3 is 11.9 Å².